The zero-order valence-electron chi connectivity index (χ0n) is 14.3. The van der Waals surface area contributed by atoms with E-state index in [1.54, 1.807) is 0 Å². The van der Waals surface area contributed by atoms with E-state index < -0.39 is 7.82 Å². The van der Waals surface area contributed by atoms with Gasteiger partial charge in [0.25, 0.3) is 0 Å². The summed E-state index contributed by atoms with van der Waals surface area (Å²) < 4.78 is 15.8. The van der Waals surface area contributed by atoms with E-state index in [4.69, 9.17) is 14.3 Å². The fraction of sp³-hybridized carbons (Fsp3) is 1.00. The Bertz CT molecular complexity index is 262. The van der Waals surface area contributed by atoms with Crippen LogP contribution in [0.5, 0.6) is 0 Å². The zero-order chi connectivity index (χ0) is 13.6. The Labute approximate surface area is 144 Å². The SMILES string of the molecule is CC(C)CC(C)CC(CC(C)C)OP(=O)(O)O.[Ca+2].[H-].[H-]. The fourth-order valence-electron chi connectivity index (χ4n) is 2.25. The Morgan fingerprint density at radius 1 is 1.00 bits per heavy atom. The molecule has 0 heterocycles. The topological polar surface area (TPSA) is 66.8 Å². The molecule has 0 aromatic rings. The van der Waals surface area contributed by atoms with Crippen LogP contribution in [0.1, 0.15) is 56.7 Å². The maximum atomic E-state index is 10.9. The van der Waals surface area contributed by atoms with Crippen molar-refractivity contribution in [1.29, 1.82) is 0 Å². The molecule has 0 aliphatic carbocycles. The maximum Gasteiger partial charge on any atom is 2.00 e. The number of rotatable bonds is 8. The molecule has 4 nitrogen and oxygen atoms in total. The summed E-state index contributed by atoms with van der Waals surface area (Å²) in [5.41, 5.74) is 0. The van der Waals surface area contributed by atoms with Gasteiger partial charge in [0.15, 0.2) is 0 Å². The van der Waals surface area contributed by atoms with Gasteiger partial charge in [-0.25, -0.2) is 4.57 Å². The Kier molecular flexibility index (Phi) is 12.2. The molecule has 0 bridgehead atoms. The summed E-state index contributed by atoms with van der Waals surface area (Å²) in [7, 11) is -4.37. The van der Waals surface area contributed by atoms with Gasteiger partial charge in [-0.1, -0.05) is 34.6 Å². The summed E-state index contributed by atoms with van der Waals surface area (Å²) >= 11 is 0. The third-order valence-corrected chi connectivity index (χ3v) is 3.13. The second-order valence-corrected chi connectivity index (χ2v) is 7.01. The molecule has 0 aromatic heterocycles. The quantitative estimate of drug-likeness (QED) is 0.532. The number of phosphoric acid groups is 1. The van der Waals surface area contributed by atoms with Crippen LogP contribution in [-0.4, -0.2) is 53.6 Å². The summed E-state index contributed by atoms with van der Waals surface area (Å²) in [6.07, 6.45) is 2.11. The predicted octanol–water partition coefficient (Wildman–Crippen LogP) is 3.43. The average molecular weight is 308 g/mol. The predicted molar refractivity (Wildman–Crippen MR) is 77.6 cm³/mol. The van der Waals surface area contributed by atoms with E-state index in [9.17, 15) is 4.57 Å². The largest absolute Gasteiger partial charge is 2.00 e. The minimum absolute atomic E-state index is 0. The van der Waals surface area contributed by atoms with Gasteiger partial charge in [0.05, 0.1) is 6.10 Å². The molecule has 0 fully saturated rings. The first-order valence-corrected chi connectivity index (χ1v) is 7.87. The van der Waals surface area contributed by atoms with E-state index in [2.05, 4.69) is 20.8 Å². The number of phosphoric ester groups is 1. The van der Waals surface area contributed by atoms with Crippen LogP contribution in [0.4, 0.5) is 0 Å². The van der Waals surface area contributed by atoms with Crippen LogP contribution in [0.15, 0.2) is 0 Å². The van der Waals surface area contributed by atoms with Crippen molar-refractivity contribution in [3.63, 3.8) is 0 Å². The smallest absolute Gasteiger partial charge is 1.00 e. The molecule has 108 valence electrons. The molecule has 0 rings (SSSR count). The van der Waals surface area contributed by atoms with Crippen LogP contribution >= 0.6 is 7.82 Å². The third-order valence-electron chi connectivity index (χ3n) is 2.56. The van der Waals surface area contributed by atoms with Gasteiger partial charge in [0, 0.05) is 0 Å². The van der Waals surface area contributed by atoms with E-state index >= 15 is 0 Å². The van der Waals surface area contributed by atoms with Gasteiger partial charge in [0.2, 0.25) is 0 Å². The summed E-state index contributed by atoms with van der Waals surface area (Å²) in [6.45, 7) is 10.5. The first-order valence-electron chi connectivity index (χ1n) is 6.34. The van der Waals surface area contributed by atoms with Gasteiger partial charge < -0.3 is 12.6 Å². The zero-order valence-corrected chi connectivity index (χ0v) is 15.4. The van der Waals surface area contributed by atoms with Crippen molar-refractivity contribution in [2.24, 2.45) is 17.8 Å². The van der Waals surface area contributed by atoms with Crippen molar-refractivity contribution in [3.05, 3.63) is 0 Å². The van der Waals surface area contributed by atoms with Crippen molar-refractivity contribution < 1.29 is 21.7 Å². The molecule has 0 radical (unpaired) electrons. The van der Waals surface area contributed by atoms with Gasteiger partial charge in [0.1, 0.15) is 0 Å². The molecule has 0 aliphatic rings. The Morgan fingerprint density at radius 3 is 1.78 bits per heavy atom. The number of hydrogen-bond acceptors (Lipinski definition) is 2. The van der Waals surface area contributed by atoms with E-state index in [-0.39, 0.29) is 46.7 Å². The normalized spacial score (nSPS) is 15.6. The molecule has 0 saturated heterocycles. The monoisotopic (exact) mass is 308 g/mol. The molecule has 0 spiro atoms. The van der Waals surface area contributed by atoms with Crippen LogP contribution in [0.25, 0.3) is 0 Å². The summed E-state index contributed by atoms with van der Waals surface area (Å²) in [5, 5.41) is 0. The van der Waals surface area contributed by atoms with Crippen molar-refractivity contribution in [3.8, 4) is 0 Å². The Morgan fingerprint density at radius 2 is 1.44 bits per heavy atom. The fourth-order valence-corrected chi connectivity index (χ4v) is 2.81. The van der Waals surface area contributed by atoms with Crippen LogP contribution in [0.2, 0.25) is 0 Å². The summed E-state index contributed by atoms with van der Waals surface area (Å²) in [5.74, 6) is 1.39. The molecule has 2 unspecified atom stereocenters. The van der Waals surface area contributed by atoms with Gasteiger partial charge in [-0.05, 0) is 37.0 Å². The molecular formula is C12H29CaO4P. The van der Waals surface area contributed by atoms with Gasteiger partial charge in [-0.3, -0.25) is 4.52 Å². The minimum Gasteiger partial charge on any atom is -1.00 e. The number of hydrogen-bond donors (Lipinski definition) is 2. The van der Waals surface area contributed by atoms with Gasteiger partial charge >= 0.3 is 45.6 Å². The Hall–Kier alpha value is 1.37. The Balaban J connectivity index is -0.000000427. The van der Waals surface area contributed by atoms with Crippen LogP contribution in [0.3, 0.4) is 0 Å². The molecule has 0 aromatic carbocycles. The van der Waals surface area contributed by atoms with Crippen LogP contribution in [-0.2, 0) is 9.09 Å². The molecule has 0 aliphatic heterocycles. The second-order valence-electron chi connectivity index (χ2n) is 5.82. The first-order chi connectivity index (χ1) is 7.60. The van der Waals surface area contributed by atoms with Crippen molar-refractivity contribution in [2.45, 2.75) is 60.0 Å². The van der Waals surface area contributed by atoms with Crippen molar-refractivity contribution >= 4 is 45.6 Å². The van der Waals surface area contributed by atoms with E-state index in [1.165, 1.54) is 0 Å². The molecule has 0 amide bonds. The molecular weight excluding hydrogens is 279 g/mol. The van der Waals surface area contributed by atoms with Gasteiger partial charge in [-0.2, -0.15) is 0 Å². The second kappa shape index (κ2) is 10.1. The molecule has 0 saturated carbocycles. The summed E-state index contributed by atoms with van der Waals surface area (Å²) in [6, 6.07) is 0. The van der Waals surface area contributed by atoms with Crippen molar-refractivity contribution in [2.75, 3.05) is 0 Å². The summed E-state index contributed by atoms with van der Waals surface area (Å²) in [4.78, 5) is 17.8. The van der Waals surface area contributed by atoms with Crippen molar-refractivity contribution in [1.82, 2.24) is 0 Å². The molecule has 6 heteroatoms. The molecule has 18 heavy (non-hydrogen) atoms. The van der Waals surface area contributed by atoms with Crippen LogP contribution < -0.4 is 0 Å². The first kappa shape index (κ1) is 21.7. The average Bonchev–Trinajstić information content (AvgIpc) is 1.95. The van der Waals surface area contributed by atoms with Gasteiger partial charge in [-0.15, -0.1) is 0 Å². The minimum atomic E-state index is -4.37. The molecule has 2 N–H and O–H groups in total. The third kappa shape index (κ3) is 13.8. The standard InChI is InChI=1S/C12H27O4P.Ca.2H/c1-9(2)6-11(5)8-12(7-10(3)4)16-17(13,14)15;;;/h9-12H,6-8H2,1-5H3,(H2,13,14,15);;;/q;+2;2*-1. The maximum absolute atomic E-state index is 10.9. The van der Waals surface area contributed by atoms with Crippen LogP contribution in [0, 0.1) is 17.8 Å². The van der Waals surface area contributed by atoms with E-state index in [1.807, 2.05) is 13.8 Å². The van der Waals surface area contributed by atoms with E-state index in [0.29, 0.717) is 30.6 Å². The molecule has 2 atom stereocenters. The van der Waals surface area contributed by atoms with E-state index in [0.717, 1.165) is 6.42 Å².